The molecule has 3 rings (SSSR count). The van der Waals surface area contributed by atoms with Crippen LogP contribution in [-0.4, -0.2) is 17.4 Å². The smallest absolute Gasteiger partial charge is 0.271 e. The number of furan rings is 1. The minimum absolute atomic E-state index is 0.0180. The van der Waals surface area contributed by atoms with Gasteiger partial charge in [0.25, 0.3) is 5.69 Å². The Balaban J connectivity index is 1.79. The van der Waals surface area contributed by atoms with E-state index in [-0.39, 0.29) is 11.6 Å². The molecule has 1 aromatic carbocycles. The van der Waals surface area contributed by atoms with E-state index in [0.29, 0.717) is 25.1 Å². The predicted molar refractivity (Wildman–Crippen MR) is 80.8 cm³/mol. The monoisotopic (exact) mass is 300 g/mol. The summed E-state index contributed by atoms with van der Waals surface area (Å²) in [4.78, 5) is 24.6. The first-order chi connectivity index (χ1) is 10.6. The van der Waals surface area contributed by atoms with E-state index in [1.54, 1.807) is 23.3 Å². The minimum atomic E-state index is -0.430. The van der Waals surface area contributed by atoms with Gasteiger partial charge < -0.3 is 9.32 Å². The number of anilines is 1. The quantitative estimate of drug-likeness (QED) is 0.642. The number of aryl methyl sites for hydroxylation is 2. The van der Waals surface area contributed by atoms with E-state index in [1.807, 2.05) is 6.07 Å². The number of hydrogen-bond donors (Lipinski definition) is 0. The van der Waals surface area contributed by atoms with Crippen molar-refractivity contribution in [3.8, 4) is 0 Å². The third-order valence-electron chi connectivity index (χ3n) is 3.86. The molecule has 1 aliphatic heterocycles. The van der Waals surface area contributed by atoms with E-state index in [9.17, 15) is 14.9 Å². The van der Waals surface area contributed by atoms with Crippen LogP contribution in [0.5, 0.6) is 0 Å². The molecule has 0 bridgehead atoms. The largest absolute Gasteiger partial charge is 0.469 e. The Labute approximate surface area is 127 Å². The Morgan fingerprint density at radius 3 is 2.95 bits per heavy atom. The molecule has 0 spiro atoms. The highest BCUT2D eigenvalue weighted by Crippen LogP contribution is 2.31. The summed E-state index contributed by atoms with van der Waals surface area (Å²) < 4.78 is 5.23. The van der Waals surface area contributed by atoms with Crippen molar-refractivity contribution in [2.75, 3.05) is 11.4 Å². The molecule has 1 aromatic heterocycles. The van der Waals surface area contributed by atoms with E-state index in [4.69, 9.17) is 4.42 Å². The van der Waals surface area contributed by atoms with Gasteiger partial charge in [-0.3, -0.25) is 14.9 Å². The molecule has 6 heteroatoms. The third kappa shape index (κ3) is 2.86. The molecule has 22 heavy (non-hydrogen) atoms. The maximum absolute atomic E-state index is 12.5. The number of nitrogens with zero attached hydrogens (tertiary/aromatic N) is 2. The Bertz CT molecular complexity index is 694. The molecule has 0 saturated carbocycles. The van der Waals surface area contributed by atoms with Crippen LogP contribution in [0.2, 0.25) is 0 Å². The Morgan fingerprint density at radius 1 is 1.36 bits per heavy atom. The number of hydrogen-bond acceptors (Lipinski definition) is 4. The molecular weight excluding hydrogens is 284 g/mol. The number of fused-ring (bicyclic) bond motifs is 1. The fourth-order valence-corrected chi connectivity index (χ4v) is 2.76. The fourth-order valence-electron chi connectivity index (χ4n) is 2.76. The number of nitro groups is 1. The average molecular weight is 300 g/mol. The van der Waals surface area contributed by atoms with Crippen molar-refractivity contribution < 1.29 is 14.1 Å². The summed E-state index contributed by atoms with van der Waals surface area (Å²) in [6, 6.07) is 8.37. The van der Waals surface area contributed by atoms with Gasteiger partial charge in [-0.2, -0.15) is 0 Å². The predicted octanol–water partition coefficient (Wildman–Crippen LogP) is 3.10. The summed E-state index contributed by atoms with van der Waals surface area (Å²) >= 11 is 0. The van der Waals surface area contributed by atoms with Gasteiger partial charge in [-0.05, 0) is 30.5 Å². The van der Waals surface area contributed by atoms with Gasteiger partial charge >= 0.3 is 0 Å². The summed E-state index contributed by atoms with van der Waals surface area (Å²) in [5.74, 6) is 0.738. The molecule has 0 unspecified atom stereocenters. The topological polar surface area (TPSA) is 76.6 Å². The van der Waals surface area contributed by atoms with Gasteiger partial charge in [0.2, 0.25) is 5.91 Å². The lowest BCUT2D eigenvalue weighted by Gasteiger charge is -2.29. The van der Waals surface area contributed by atoms with Gasteiger partial charge in [0.05, 0.1) is 16.9 Å². The average Bonchev–Trinajstić information content (AvgIpc) is 3.04. The highest BCUT2D eigenvalue weighted by atomic mass is 16.6. The third-order valence-corrected chi connectivity index (χ3v) is 3.86. The van der Waals surface area contributed by atoms with Crippen molar-refractivity contribution in [2.24, 2.45) is 0 Å². The van der Waals surface area contributed by atoms with Crippen LogP contribution in [0.4, 0.5) is 11.4 Å². The summed E-state index contributed by atoms with van der Waals surface area (Å²) in [7, 11) is 0. The molecule has 2 heterocycles. The molecule has 0 aliphatic carbocycles. The molecule has 1 aliphatic rings. The Kier molecular flexibility index (Phi) is 3.91. The second-order valence-corrected chi connectivity index (χ2v) is 5.30. The van der Waals surface area contributed by atoms with Gasteiger partial charge in [-0.15, -0.1) is 0 Å². The molecule has 2 aromatic rings. The van der Waals surface area contributed by atoms with E-state index in [1.165, 1.54) is 12.1 Å². The van der Waals surface area contributed by atoms with Crippen LogP contribution in [-0.2, 0) is 17.6 Å². The van der Waals surface area contributed by atoms with Crippen LogP contribution in [0.1, 0.15) is 24.2 Å². The standard InChI is InChI=1S/C16H16N2O4/c19-16(8-7-14-4-2-10-22-14)17-9-1-3-12-5-6-13(18(20)21)11-15(12)17/h2,4-6,10-11H,1,3,7-9H2. The lowest BCUT2D eigenvalue weighted by Crippen LogP contribution is -2.35. The zero-order chi connectivity index (χ0) is 15.5. The van der Waals surface area contributed by atoms with Crippen molar-refractivity contribution in [3.63, 3.8) is 0 Å². The zero-order valence-corrected chi connectivity index (χ0v) is 12.0. The zero-order valence-electron chi connectivity index (χ0n) is 12.0. The number of rotatable bonds is 4. The van der Waals surface area contributed by atoms with E-state index < -0.39 is 4.92 Å². The van der Waals surface area contributed by atoms with Gasteiger partial charge in [0.1, 0.15) is 5.76 Å². The van der Waals surface area contributed by atoms with Crippen LogP contribution in [0, 0.1) is 10.1 Å². The first-order valence-electron chi connectivity index (χ1n) is 7.25. The van der Waals surface area contributed by atoms with Crippen molar-refractivity contribution in [2.45, 2.75) is 25.7 Å². The highest BCUT2D eigenvalue weighted by molar-refractivity contribution is 5.95. The molecule has 6 nitrogen and oxygen atoms in total. The van der Waals surface area contributed by atoms with Crippen molar-refractivity contribution in [1.82, 2.24) is 0 Å². The van der Waals surface area contributed by atoms with Crippen LogP contribution in [0.15, 0.2) is 41.0 Å². The molecule has 0 saturated heterocycles. The van der Waals surface area contributed by atoms with Gasteiger partial charge in [-0.1, -0.05) is 6.07 Å². The van der Waals surface area contributed by atoms with E-state index >= 15 is 0 Å². The van der Waals surface area contributed by atoms with Crippen molar-refractivity contribution in [1.29, 1.82) is 0 Å². The lowest BCUT2D eigenvalue weighted by atomic mass is 10.0. The van der Waals surface area contributed by atoms with Crippen LogP contribution < -0.4 is 4.90 Å². The molecular formula is C16H16N2O4. The summed E-state index contributed by atoms with van der Waals surface area (Å²) in [6.45, 7) is 0.602. The molecule has 0 atom stereocenters. The number of carbonyl (C=O) groups is 1. The van der Waals surface area contributed by atoms with Crippen molar-refractivity contribution in [3.05, 3.63) is 58.0 Å². The first-order valence-corrected chi connectivity index (χ1v) is 7.25. The number of amides is 1. The summed E-state index contributed by atoms with van der Waals surface area (Å²) in [5.41, 5.74) is 1.68. The van der Waals surface area contributed by atoms with Gasteiger partial charge in [0, 0.05) is 31.5 Å². The molecule has 0 N–H and O–H groups in total. The molecule has 0 fully saturated rings. The lowest BCUT2D eigenvalue weighted by molar-refractivity contribution is -0.384. The number of non-ortho nitro benzene ring substituents is 1. The SMILES string of the molecule is O=C(CCc1ccco1)N1CCCc2ccc([N+](=O)[O-])cc21. The van der Waals surface area contributed by atoms with Crippen molar-refractivity contribution >= 4 is 17.3 Å². The second-order valence-electron chi connectivity index (χ2n) is 5.30. The second kappa shape index (κ2) is 6.01. The summed E-state index contributed by atoms with van der Waals surface area (Å²) in [5, 5.41) is 10.9. The number of nitro benzene ring substituents is 1. The minimum Gasteiger partial charge on any atom is -0.469 e. The Morgan fingerprint density at radius 2 is 2.23 bits per heavy atom. The van der Waals surface area contributed by atoms with E-state index in [2.05, 4.69) is 0 Å². The fraction of sp³-hybridized carbons (Fsp3) is 0.312. The maximum atomic E-state index is 12.5. The normalized spacial score (nSPS) is 13.7. The maximum Gasteiger partial charge on any atom is 0.271 e. The molecule has 1 amide bonds. The number of benzene rings is 1. The van der Waals surface area contributed by atoms with E-state index in [0.717, 1.165) is 24.2 Å². The highest BCUT2D eigenvalue weighted by Gasteiger charge is 2.24. The first kappa shape index (κ1) is 14.3. The van der Waals surface area contributed by atoms with Gasteiger partial charge in [-0.25, -0.2) is 0 Å². The Hall–Kier alpha value is -2.63. The van der Waals surface area contributed by atoms with Gasteiger partial charge in [0.15, 0.2) is 0 Å². The molecule has 0 radical (unpaired) electrons. The number of carbonyl (C=O) groups excluding carboxylic acids is 1. The summed E-state index contributed by atoms with van der Waals surface area (Å²) in [6.07, 6.45) is 4.16. The molecule has 114 valence electrons. The van der Waals surface area contributed by atoms with Crippen LogP contribution in [0.3, 0.4) is 0 Å². The van der Waals surface area contributed by atoms with Crippen LogP contribution in [0.25, 0.3) is 0 Å². The van der Waals surface area contributed by atoms with Crippen LogP contribution >= 0.6 is 0 Å².